The number of carboxylic acid groups (broad SMARTS) is 1. The van der Waals surface area contributed by atoms with Crippen LogP contribution in [0, 0.1) is 0 Å². The average molecular weight is 277 g/mol. The van der Waals surface area contributed by atoms with Gasteiger partial charge in [0, 0.05) is 18.1 Å². The molecule has 6 nitrogen and oxygen atoms in total. The van der Waals surface area contributed by atoms with E-state index in [1.54, 1.807) is 0 Å². The number of aliphatic hydroxyl groups excluding tert-OH is 2. The van der Waals surface area contributed by atoms with Crippen molar-refractivity contribution in [1.82, 2.24) is 4.98 Å². The molecule has 0 amide bonds. The lowest BCUT2D eigenvalue weighted by atomic mass is 10.2. The van der Waals surface area contributed by atoms with Gasteiger partial charge in [-0.25, -0.2) is 9.78 Å². The van der Waals surface area contributed by atoms with Crippen LogP contribution in [0.5, 0.6) is 0 Å². The van der Waals surface area contributed by atoms with E-state index < -0.39 is 18.2 Å². The summed E-state index contributed by atoms with van der Waals surface area (Å²) < 4.78 is 0. The van der Waals surface area contributed by atoms with Crippen LogP contribution < -0.4 is 0 Å². The molecule has 0 aliphatic rings. The van der Waals surface area contributed by atoms with Crippen LogP contribution in [0.4, 0.5) is 0 Å². The molecule has 0 radical (unpaired) electrons. The van der Waals surface area contributed by atoms with Crippen molar-refractivity contribution in [2.75, 3.05) is 5.75 Å². The molecule has 2 unspecified atom stereocenters. The molecule has 8 heteroatoms. The second kappa shape index (κ2) is 6.10. The first kappa shape index (κ1) is 14.1. The van der Waals surface area contributed by atoms with Gasteiger partial charge >= 0.3 is 5.97 Å². The van der Waals surface area contributed by atoms with Gasteiger partial charge in [-0.15, -0.1) is 11.3 Å². The molecule has 17 heavy (non-hydrogen) atoms. The van der Waals surface area contributed by atoms with Gasteiger partial charge in [-0.1, -0.05) is 11.8 Å². The summed E-state index contributed by atoms with van der Waals surface area (Å²) in [5.41, 5.74) is -0.171. The van der Waals surface area contributed by atoms with Crippen LogP contribution in [0.25, 0.3) is 0 Å². The van der Waals surface area contributed by atoms with Crippen molar-refractivity contribution >= 4 is 34.2 Å². The smallest absolute Gasteiger partial charge is 0.355 e. The third-order valence-electron chi connectivity index (χ3n) is 1.82. The highest BCUT2D eigenvalue weighted by Gasteiger charge is 2.23. The fourth-order valence-corrected chi connectivity index (χ4v) is 2.40. The zero-order valence-corrected chi connectivity index (χ0v) is 10.5. The lowest BCUT2D eigenvalue weighted by Crippen LogP contribution is -2.21. The predicted molar refractivity (Wildman–Crippen MR) is 63.2 cm³/mol. The standard InChI is InChI=1S/C9H11NO5S2/c1-4(11)16-3-6(12)7(13)8-10-5(2-17-8)9(14)15/h2,6-7,12-13H,3H2,1H3,(H,14,15). The molecule has 0 spiro atoms. The summed E-state index contributed by atoms with van der Waals surface area (Å²) in [4.78, 5) is 24.9. The molecule has 3 N–H and O–H groups in total. The highest BCUT2D eigenvalue weighted by Crippen LogP contribution is 2.23. The van der Waals surface area contributed by atoms with E-state index in [4.69, 9.17) is 5.11 Å². The summed E-state index contributed by atoms with van der Waals surface area (Å²) in [5.74, 6) is -1.15. The largest absolute Gasteiger partial charge is 0.476 e. The molecule has 0 bridgehead atoms. The number of nitrogens with zero attached hydrogens (tertiary/aromatic N) is 1. The summed E-state index contributed by atoms with van der Waals surface area (Å²) in [5, 5.41) is 29.1. The zero-order chi connectivity index (χ0) is 13.0. The van der Waals surface area contributed by atoms with Gasteiger partial charge in [-0.3, -0.25) is 4.79 Å². The van der Waals surface area contributed by atoms with Gasteiger partial charge in [-0.05, 0) is 0 Å². The van der Waals surface area contributed by atoms with Gasteiger partial charge in [0.2, 0.25) is 0 Å². The van der Waals surface area contributed by atoms with E-state index in [0.717, 1.165) is 23.1 Å². The van der Waals surface area contributed by atoms with Crippen LogP contribution in [0.3, 0.4) is 0 Å². The van der Waals surface area contributed by atoms with E-state index >= 15 is 0 Å². The van der Waals surface area contributed by atoms with Gasteiger partial charge in [-0.2, -0.15) is 0 Å². The Balaban J connectivity index is 2.64. The van der Waals surface area contributed by atoms with E-state index in [0.29, 0.717) is 0 Å². The minimum atomic E-state index is -1.28. The molecule has 1 aromatic rings. The number of thiazole rings is 1. The van der Waals surface area contributed by atoms with E-state index in [1.165, 1.54) is 12.3 Å². The molecule has 0 aliphatic carbocycles. The van der Waals surface area contributed by atoms with E-state index in [2.05, 4.69) is 4.98 Å². The quantitative estimate of drug-likeness (QED) is 0.719. The number of hydrogen-bond acceptors (Lipinski definition) is 7. The molecule has 1 aromatic heterocycles. The SMILES string of the molecule is CC(=O)SCC(O)C(O)c1nc(C(=O)O)cs1. The number of carbonyl (C=O) groups is 2. The van der Waals surface area contributed by atoms with Gasteiger partial charge in [0.25, 0.3) is 0 Å². The van der Waals surface area contributed by atoms with Crippen molar-refractivity contribution in [3.8, 4) is 0 Å². The lowest BCUT2D eigenvalue weighted by molar-refractivity contribution is -0.109. The van der Waals surface area contributed by atoms with Crippen molar-refractivity contribution in [2.24, 2.45) is 0 Å². The number of thioether (sulfide) groups is 1. The molecule has 0 saturated carbocycles. The maximum absolute atomic E-state index is 10.7. The molecule has 0 aromatic carbocycles. The Bertz CT molecular complexity index is 419. The Hall–Kier alpha value is -0.960. The Kier molecular flexibility index (Phi) is 5.06. The second-order valence-electron chi connectivity index (χ2n) is 3.19. The normalized spacial score (nSPS) is 14.3. The molecule has 0 saturated heterocycles. The molecule has 1 rings (SSSR count). The van der Waals surface area contributed by atoms with Gasteiger partial charge in [0.1, 0.15) is 11.1 Å². The highest BCUT2D eigenvalue weighted by atomic mass is 32.2. The minimum Gasteiger partial charge on any atom is -0.476 e. The zero-order valence-electron chi connectivity index (χ0n) is 8.86. The van der Waals surface area contributed by atoms with Crippen LogP contribution in [0.15, 0.2) is 5.38 Å². The van der Waals surface area contributed by atoms with Gasteiger partial charge in [0.05, 0.1) is 6.10 Å². The number of hydrogen-bond donors (Lipinski definition) is 3. The molecular formula is C9H11NO5S2. The number of rotatable bonds is 5. The minimum absolute atomic E-state index is 0.0402. The fourth-order valence-electron chi connectivity index (χ4n) is 0.980. The number of aromatic carboxylic acids is 1. The van der Waals surface area contributed by atoms with E-state index in [-0.39, 0.29) is 21.6 Å². The molecule has 0 aliphatic heterocycles. The van der Waals surface area contributed by atoms with Crippen molar-refractivity contribution in [2.45, 2.75) is 19.1 Å². The fraction of sp³-hybridized carbons (Fsp3) is 0.444. The summed E-state index contributed by atoms with van der Waals surface area (Å²) >= 11 is 1.84. The van der Waals surface area contributed by atoms with Gasteiger partial charge < -0.3 is 15.3 Å². The van der Waals surface area contributed by atoms with Crippen LogP contribution in [-0.2, 0) is 4.79 Å². The Morgan fingerprint density at radius 2 is 2.18 bits per heavy atom. The van der Waals surface area contributed by atoms with Crippen molar-refractivity contribution in [1.29, 1.82) is 0 Å². The maximum Gasteiger partial charge on any atom is 0.355 e. The topological polar surface area (TPSA) is 108 Å². The Morgan fingerprint density at radius 3 is 2.65 bits per heavy atom. The molecule has 94 valence electrons. The number of carboxylic acids is 1. The summed E-state index contributed by atoms with van der Waals surface area (Å²) in [6.45, 7) is 1.36. The number of aliphatic hydroxyl groups is 2. The number of carbonyl (C=O) groups excluding carboxylic acids is 1. The first-order chi connectivity index (χ1) is 7.91. The molecular weight excluding hydrogens is 266 g/mol. The first-order valence-corrected chi connectivity index (χ1v) is 6.46. The van der Waals surface area contributed by atoms with Crippen LogP contribution in [0.2, 0.25) is 0 Å². The van der Waals surface area contributed by atoms with Gasteiger partial charge in [0.15, 0.2) is 10.8 Å². The third-order valence-corrected chi connectivity index (χ3v) is 3.65. The van der Waals surface area contributed by atoms with E-state index in [9.17, 15) is 19.8 Å². The summed E-state index contributed by atoms with van der Waals surface area (Å²) in [6, 6.07) is 0. The Labute approximate surface area is 105 Å². The third kappa shape index (κ3) is 4.08. The van der Waals surface area contributed by atoms with Crippen molar-refractivity contribution in [3.05, 3.63) is 16.1 Å². The second-order valence-corrected chi connectivity index (χ2v) is 5.28. The van der Waals surface area contributed by atoms with Crippen LogP contribution in [0.1, 0.15) is 28.5 Å². The Morgan fingerprint density at radius 1 is 1.53 bits per heavy atom. The monoisotopic (exact) mass is 277 g/mol. The lowest BCUT2D eigenvalue weighted by Gasteiger charge is -2.14. The average Bonchev–Trinajstić information content (AvgIpc) is 2.73. The summed E-state index contributed by atoms with van der Waals surface area (Å²) in [7, 11) is 0. The maximum atomic E-state index is 10.7. The molecule has 2 atom stereocenters. The highest BCUT2D eigenvalue weighted by molar-refractivity contribution is 8.13. The molecule has 0 fully saturated rings. The first-order valence-electron chi connectivity index (χ1n) is 4.60. The predicted octanol–water partition coefficient (Wildman–Crippen LogP) is 0.515. The van der Waals surface area contributed by atoms with Crippen LogP contribution >= 0.6 is 23.1 Å². The van der Waals surface area contributed by atoms with Crippen molar-refractivity contribution in [3.63, 3.8) is 0 Å². The number of aromatic nitrogens is 1. The molecule has 1 heterocycles. The van der Waals surface area contributed by atoms with Crippen LogP contribution in [-0.4, -0.2) is 43.2 Å². The van der Waals surface area contributed by atoms with Crippen molar-refractivity contribution < 1.29 is 24.9 Å². The summed E-state index contributed by atoms with van der Waals surface area (Å²) in [6.07, 6.45) is -2.43. The van der Waals surface area contributed by atoms with E-state index in [1.807, 2.05) is 0 Å².